The van der Waals surface area contributed by atoms with Crippen molar-refractivity contribution in [2.24, 2.45) is 0 Å². The molecule has 1 aromatic heterocycles. The number of hydrogen-bond acceptors (Lipinski definition) is 6. The van der Waals surface area contributed by atoms with Crippen LogP contribution < -0.4 is 15.5 Å². The predicted molar refractivity (Wildman–Crippen MR) is 98.3 cm³/mol. The Labute approximate surface area is 150 Å². The first-order chi connectivity index (χ1) is 11.5. The number of amides is 1. The first kappa shape index (κ1) is 18.2. The van der Waals surface area contributed by atoms with Crippen molar-refractivity contribution in [2.45, 2.75) is 25.9 Å². The van der Waals surface area contributed by atoms with Gasteiger partial charge in [0.1, 0.15) is 11.6 Å². The lowest BCUT2D eigenvalue weighted by molar-refractivity contribution is 0.0974. The van der Waals surface area contributed by atoms with Gasteiger partial charge in [-0.25, -0.2) is 4.68 Å². The summed E-state index contributed by atoms with van der Waals surface area (Å²) in [5, 5.41) is 11.5. The minimum Gasteiger partial charge on any atom is -0.496 e. The third kappa shape index (κ3) is 4.04. The van der Waals surface area contributed by atoms with E-state index in [4.69, 9.17) is 17.0 Å². The molecule has 2 aromatic rings. The molecule has 0 unspecified atom stereocenters. The van der Waals surface area contributed by atoms with E-state index in [9.17, 15) is 4.79 Å². The highest BCUT2D eigenvalue weighted by atomic mass is 32.2. The molecule has 0 radical (unpaired) electrons. The second-order valence-electron chi connectivity index (χ2n) is 4.85. The maximum Gasteiger partial charge on any atom is 0.261 e. The summed E-state index contributed by atoms with van der Waals surface area (Å²) >= 11 is 6.75. The number of ether oxygens (including phenoxy) is 1. The molecule has 24 heavy (non-hydrogen) atoms. The Hall–Kier alpha value is -2.13. The van der Waals surface area contributed by atoms with Crippen LogP contribution in [0.4, 0.5) is 0 Å². The first-order valence-electron chi connectivity index (χ1n) is 7.28. The smallest absolute Gasteiger partial charge is 0.261 e. The van der Waals surface area contributed by atoms with Gasteiger partial charge in [0.15, 0.2) is 5.11 Å². The Morgan fingerprint density at radius 2 is 2.12 bits per heavy atom. The summed E-state index contributed by atoms with van der Waals surface area (Å²) < 4.78 is 6.94. The molecule has 9 heteroatoms. The van der Waals surface area contributed by atoms with Crippen LogP contribution in [-0.2, 0) is 0 Å². The fraction of sp³-hybridized carbons (Fsp3) is 0.333. The van der Waals surface area contributed by atoms with Crippen LogP contribution >= 0.6 is 24.0 Å². The Kier molecular flexibility index (Phi) is 6.16. The van der Waals surface area contributed by atoms with Gasteiger partial charge in [-0.2, -0.15) is 0 Å². The number of methoxy groups -OCH3 is 1. The summed E-state index contributed by atoms with van der Waals surface area (Å²) in [6.07, 6.45) is 0. The van der Waals surface area contributed by atoms with Gasteiger partial charge in [0, 0.05) is 0 Å². The lowest BCUT2D eigenvalue weighted by Gasteiger charge is -2.14. The van der Waals surface area contributed by atoms with Crippen LogP contribution in [0, 0.1) is 13.8 Å². The third-order valence-corrected chi connectivity index (χ3v) is 4.17. The molecular formula is C15H19N5O2S2. The van der Waals surface area contributed by atoms with Crippen molar-refractivity contribution in [3.63, 3.8) is 0 Å². The van der Waals surface area contributed by atoms with E-state index in [1.54, 1.807) is 23.7 Å². The molecule has 0 saturated carbocycles. The van der Waals surface area contributed by atoms with Crippen LogP contribution in [-0.4, -0.2) is 38.8 Å². The number of hydrogen-bond donors (Lipinski definition) is 2. The molecule has 1 heterocycles. The fourth-order valence-electron chi connectivity index (χ4n) is 2.10. The average Bonchev–Trinajstić information content (AvgIpc) is 2.88. The monoisotopic (exact) mass is 365 g/mol. The number of aromatic nitrogens is 3. The van der Waals surface area contributed by atoms with Crippen LogP contribution in [0.3, 0.4) is 0 Å². The molecule has 0 spiro atoms. The molecule has 0 bridgehead atoms. The summed E-state index contributed by atoms with van der Waals surface area (Å²) in [6.45, 7) is 5.69. The molecule has 2 rings (SSSR count). The quantitative estimate of drug-likeness (QED) is 0.621. The molecule has 7 nitrogen and oxygen atoms in total. The Morgan fingerprint density at radius 3 is 2.79 bits per heavy atom. The molecule has 2 N–H and O–H groups in total. The largest absolute Gasteiger partial charge is 0.496 e. The summed E-state index contributed by atoms with van der Waals surface area (Å²) in [4.78, 5) is 12.4. The topological polar surface area (TPSA) is 81.1 Å². The van der Waals surface area contributed by atoms with Crippen LogP contribution in [0.2, 0.25) is 0 Å². The summed E-state index contributed by atoms with van der Waals surface area (Å²) in [7, 11) is 1.53. The zero-order valence-corrected chi connectivity index (χ0v) is 15.5. The zero-order chi connectivity index (χ0) is 17.7. The van der Waals surface area contributed by atoms with Gasteiger partial charge >= 0.3 is 0 Å². The fourth-order valence-corrected chi connectivity index (χ4v) is 2.94. The van der Waals surface area contributed by atoms with E-state index in [2.05, 4.69) is 20.9 Å². The Morgan fingerprint density at radius 1 is 1.38 bits per heavy atom. The van der Waals surface area contributed by atoms with E-state index < -0.39 is 0 Å². The highest BCUT2D eigenvalue weighted by molar-refractivity contribution is 7.99. The van der Waals surface area contributed by atoms with Crippen LogP contribution in [0.15, 0.2) is 23.4 Å². The van der Waals surface area contributed by atoms with Gasteiger partial charge in [0.2, 0.25) is 5.16 Å². The van der Waals surface area contributed by atoms with Gasteiger partial charge in [0.05, 0.1) is 12.7 Å². The molecule has 0 aliphatic rings. The van der Waals surface area contributed by atoms with Crippen molar-refractivity contribution in [1.82, 2.24) is 20.2 Å². The highest BCUT2D eigenvalue weighted by Gasteiger charge is 2.16. The van der Waals surface area contributed by atoms with Gasteiger partial charge in [-0.1, -0.05) is 30.8 Å². The van der Waals surface area contributed by atoms with Crippen molar-refractivity contribution in [2.75, 3.05) is 18.3 Å². The van der Waals surface area contributed by atoms with Crippen molar-refractivity contribution >= 4 is 35.0 Å². The lowest BCUT2D eigenvalue weighted by Crippen LogP contribution is -2.38. The van der Waals surface area contributed by atoms with Crippen molar-refractivity contribution in [1.29, 1.82) is 0 Å². The van der Waals surface area contributed by atoms with E-state index in [1.807, 2.05) is 19.9 Å². The molecule has 0 fully saturated rings. The van der Waals surface area contributed by atoms with Crippen LogP contribution in [0.25, 0.3) is 0 Å². The zero-order valence-electron chi connectivity index (χ0n) is 13.9. The van der Waals surface area contributed by atoms with E-state index in [0.717, 1.165) is 11.3 Å². The van der Waals surface area contributed by atoms with E-state index in [1.165, 1.54) is 18.9 Å². The second-order valence-corrected chi connectivity index (χ2v) is 6.49. The lowest BCUT2D eigenvalue weighted by atomic mass is 10.1. The second kappa shape index (κ2) is 8.11. The van der Waals surface area contributed by atoms with Crippen LogP contribution in [0.1, 0.15) is 28.7 Å². The highest BCUT2D eigenvalue weighted by Crippen LogP contribution is 2.22. The third-order valence-electron chi connectivity index (χ3n) is 3.17. The van der Waals surface area contributed by atoms with Gasteiger partial charge < -0.3 is 4.74 Å². The van der Waals surface area contributed by atoms with Gasteiger partial charge in [-0.15, -0.1) is 10.2 Å². The van der Waals surface area contributed by atoms with Gasteiger partial charge in [0.25, 0.3) is 5.91 Å². The first-order valence-corrected chi connectivity index (χ1v) is 8.68. The minimum atomic E-state index is -0.344. The molecule has 0 aliphatic carbocycles. The van der Waals surface area contributed by atoms with Crippen molar-refractivity contribution in [3.8, 4) is 5.75 Å². The molecule has 128 valence electrons. The molecular weight excluding hydrogens is 346 g/mol. The SMILES string of the molecule is CCSc1nnc(C)n1NC(=S)NC(=O)c1cccc(C)c1OC. The van der Waals surface area contributed by atoms with Crippen LogP contribution in [0.5, 0.6) is 5.75 Å². The predicted octanol–water partition coefficient (Wildman–Crippen LogP) is 2.27. The number of carbonyl (C=O) groups excluding carboxylic acids is 1. The minimum absolute atomic E-state index is 0.157. The molecule has 0 atom stereocenters. The normalized spacial score (nSPS) is 10.3. The van der Waals surface area contributed by atoms with Gasteiger partial charge in [-0.05, 0) is 43.4 Å². The summed E-state index contributed by atoms with van der Waals surface area (Å²) in [5.74, 6) is 1.68. The molecule has 0 saturated heterocycles. The summed E-state index contributed by atoms with van der Waals surface area (Å²) in [5.41, 5.74) is 4.22. The number of rotatable bonds is 5. The van der Waals surface area contributed by atoms with Crippen molar-refractivity contribution in [3.05, 3.63) is 35.2 Å². The standard InChI is InChI=1S/C15H19N5O2S2/c1-5-24-15-18-17-10(3)20(15)19-14(23)16-13(21)11-8-6-7-9(2)12(11)22-4/h6-8H,5H2,1-4H3,(H2,16,19,21,23). The number of carbonyl (C=O) groups is 1. The van der Waals surface area contributed by atoms with E-state index in [0.29, 0.717) is 22.3 Å². The number of nitrogens with one attached hydrogen (secondary N) is 2. The number of aryl methyl sites for hydroxylation is 2. The maximum atomic E-state index is 12.4. The Balaban J connectivity index is 2.12. The summed E-state index contributed by atoms with van der Waals surface area (Å²) in [6, 6.07) is 5.36. The average molecular weight is 365 g/mol. The van der Waals surface area contributed by atoms with Crippen molar-refractivity contribution < 1.29 is 9.53 Å². The number of thiocarbonyl (C=S) groups is 1. The number of para-hydroxylation sites is 1. The maximum absolute atomic E-state index is 12.4. The van der Waals surface area contributed by atoms with E-state index >= 15 is 0 Å². The number of benzene rings is 1. The number of nitrogens with zero attached hydrogens (tertiary/aromatic N) is 3. The molecule has 1 aromatic carbocycles. The molecule has 0 aliphatic heterocycles. The molecule has 1 amide bonds. The van der Waals surface area contributed by atoms with Gasteiger partial charge in [-0.3, -0.25) is 15.5 Å². The number of thioether (sulfide) groups is 1. The van der Waals surface area contributed by atoms with E-state index in [-0.39, 0.29) is 11.0 Å². The Bertz CT molecular complexity index is 760.